The lowest BCUT2D eigenvalue weighted by molar-refractivity contribution is -0.115. The van der Waals surface area contributed by atoms with Crippen LogP contribution in [0, 0.1) is 0 Å². The predicted molar refractivity (Wildman–Crippen MR) is 112 cm³/mol. The van der Waals surface area contributed by atoms with Crippen molar-refractivity contribution in [3.8, 4) is 11.4 Å². The lowest BCUT2D eigenvalue weighted by atomic mass is 10.1. The van der Waals surface area contributed by atoms with E-state index in [0.29, 0.717) is 22.4 Å². The lowest BCUT2D eigenvalue weighted by Crippen LogP contribution is -2.24. The first-order chi connectivity index (χ1) is 14.0. The number of thioether (sulfide) groups is 1. The molecule has 1 aliphatic carbocycles. The second-order valence-corrected chi connectivity index (χ2v) is 8.31. The van der Waals surface area contributed by atoms with Crippen molar-refractivity contribution in [2.45, 2.75) is 43.1 Å². The number of nitrogens with zero attached hydrogens (tertiary/aromatic N) is 4. The van der Waals surface area contributed by atoms with Crippen molar-refractivity contribution in [3.05, 3.63) is 54.4 Å². The third kappa shape index (κ3) is 4.22. The minimum Gasteiger partial charge on any atom is -0.324 e. The molecule has 1 atom stereocenters. The molecule has 29 heavy (non-hydrogen) atoms. The molecule has 2 aromatic heterocycles. The summed E-state index contributed by atoms with van der Waals surface area (Å²) in [4.78, 5) is 28.7. The quantitative estimate of drug-likeness (QED) is 0.470. The van der Waals surface area contributed by atoms with Crippen molar-refractivity contribution < 1.29 is 9.59 Å². The number of ketones is 1. The number of aromatic nitrogens is 4. The van der Waals surface area contributed by atoms with Crippen molar-refractivity contribution in [2.75, 3.05) is 5.32 Å². The van der Waals surface area contributed by atoms with Crippen LogP contribution in [-0.2, 0) is 4.79 Å². The maximum absolute atomic E-state index is 12.8. The molecule has 0 saturated heterocycles. The molecular weight excluding hydrogens is 386 g/mol. The van der Waals surface area contributed by atoms with Gasteiger partial charge in [-0.25, -0.2) is 0 Å². The van der Waals surface area contributed by atoms with Crippen molar-refractivity contribution >= 4 is 29.1 Å². The first-order valence-electron chi connectivity index (χ1n) is 9.47. The number of nitrogens with one attached hydrogen (secondary N) is 1. The summed E-state index contributed by atoms with van der Waals surface area (Å²) in [6.45, 7) is 3.31. The third-order valence-corrected chi connectivity index (χ3v) is 5.77. The highest BCUT2D eigenvalue weighted by Gasteiger charge is 2.31. The van der Waals surface area contributed by atoms with Crippen LogP contribution in [0.2, 0.25) is 0 Å². The van der Waals surface area contributed by atoms with Crippen LogP contribution in [-0.4, -0.2) is 36.7 Å². The number of carbonyl (C=O) groups is 2. The fraction of sp³-hybridized carbons (Fsp3) is 0.286. The van der Waals surface area contributed by atoms with E-state index >= 15 is 0 Å². The Kier molecular flexibility index (Phi) is 5.44. The number of amides is 1. The Balaban J connectivity index is 1.53. The van der Waals surface area contributed by atoms with E-state index < -0.39 is 5.25 Å². The topological polar surface area (TPSA) is 89.8 Å². The summed E-state index contributed by atoms with van der Waals surface area (Å²) >= 11 is 1.37. The van der Waals surface area contributed by atoms with Gasteiger partial charge in [-0.3, -0.25) is 19.1 Å². The zero-order chi connectivity index (χ0) is 20.4. The zero-order valence-electron chi connectivity index (χ0n) is 16.2. The van der Waals surface area contributed by atoms with E-state index in [0.717, 1.165) is 24.2 Å². The van der Waals surface area contributed by atoms with Crippen LogP contribution in [0.15, 0.2) is 53.9 Å². The summed E-state index contributed by atoms with van der Waals surface area (Å²) in [6.07, 6.45) is 5.64. The van der Waals surface area contributed by atoms with Crippen LogP contribution in [0.5, 0.6) is 0 Å². The number of hydrogen-bond donors (Lipinski definition) is 1. The van der Waals surface area contributed by atoms with Crippen molar-refractivity contribution in [1.82, 2.24) is 19.7 Å². The predicted octanol–water partition coefficient (Wildman–Crippen LogP) is 4.00. The van der Waals surface area contributed by atoms with Crippen LogP contribution in [0.3, 0.4) is 0 Å². The van der Waals surface area contributed by atoms with Gasteiger partial charge in [0.05, 0.1) is 10.9 Å². The highest BCUT2D eigenvalue weighted by atomic mass is 32.2. The third-order valence-electron chi connectivity index (χ3n) is 4.71. The molecular formula is C21H21N5O2S. The molecule has 1 aliphatic rings. The van der Waals surface area contributed by atoms with Gasteiger partial charge in [0.1, 0.15) is 0 Å². The van der Waals surface area contributed by atoms with E-state index in [1.165, 1.54) is 18.7 Å². The lowest BCUT2D eigenvalue weighted by Gasteiger charge is -2.14. The minimum absolute atomic E-state index is 0.0872. The van der Waals surface area contributed by atoms with Crippen molar-refractivity contribution in [1.29, 1.82) is 0 Å². The standard InChI is InChI=1S/C21H21N5O2S/c1-13(27)17-7-3-4-8-18(17)23-20(28)14(2)29-21-25-24-19(26(21)16-9-10-16)15-6-5-11-22-12-15/h3-8,11-12,14,16H,9-10H2,1-2H3,(H,23,28)/t14-/m1/s1. The molecule has 0 spiro atoms. The van der Waals surface area contributed by atoms with Gasteiger partial charge < -0.3 is 5.32 Å². The van der Waals surface area contributed by atoms with Crippen LogP contribution in [0.4, 0.5) is 5.69 Å². The molecule has 148 valence electrons. The molecule has 0 unspecified atom stereocenters. The molecule has 1 saturated carbocycles. The zero-order valence-corrected chi connectivity index (χ0v) is 17.0. The SMILES string of the molecule is CC(=O)c1ccccc1NC(=O)[C@@H](C)Sc1nnc(-c2cccnc2)n1C1CC1. The van der Waals surface area contributed by atoms with E-state index in [9.17, 15) is 9.59 Å². The molecule has 0 bridgehead atoms. The first kappa shape index (κ1) is 19.3. The molecule has 0 radical (unpaired) electrons. The number of carbonyl (C=O) groups excluding carboxylic acids is 2. The van der Waals surface area contributed by atoms with E-state index in [-0.39, 0.29) is 11.7 Å². The summed E-state index contributed by atoms with van der Waals surface area (Å²) in [7, 11) is 0. The van der Waals surface area contributed by atoms with Crippen molar-refractivity contribution in [3.63, 3.8) is 0 Å². The molecule has 1 N–H and O–H groups in total. The maximum Gasteiger partial charge on any atom is 0.237 e. The Bertz CT molecular complexity index is 1050. The van der Waals surface area contributed by atoms with Gasteiger partial charge in [-0.15, -0.1) is 10.2 Å². The molecule has 1 aromatic carbocycles. The number of rotatable bonds is 7. The molecule has 3 aromatic rings. The second-order valence-electron chi connectivity index (χ2n) is 7.00. The fourth-order valence-electron chi connectivity index (χ4n) is 3.06. The number of hydrogen-bond acceptors (Lipinski definition) is 6. The van der Waals surface area contributed by atoms with Gasteiger partial charge in [-0.2, -0.15) is 0 Å². The molecule has 1 fully saturated rings. The van der Waals surface area contributed by atoms with Gasteiger partial charge in [-0.05, 0) is 51.0 Å². The monoisotopic (exact) mass is 407 g/mol. The summed E-state index contributed by atoms with van der Waals surface area (Å²) < 4.78 is 2.11. The fourth-order valence-corrected chi connectivity index (χ4v) is 3.98. The highest BCUT2D eigenvalue weighted by Crippen LogP contribution is 2.41. The van der Waals surface area contributed by atoms with Crippen LogP contribution in [0.25, 0.3) is 11.4 Å². The number of benzene rings is 1. The van der Waals surface area contributed by atoms with E-state index in [1.54, 1.807) is 36.7 Å². The molecule has 4 rings (SSSR count). The molecule has 1 amide bonds. The second kappa shape index (κ2) is 8.16. The Morgan fingerprint density at radius 1 is 1.17 bits per heavy atom. The molecule has 2 heterocycles. The number of anilines is 1. The Morgan fingerprint density at radius 2 is 1.97 bits per heavy atom. The normalized spacial score (nSPS) is 14.4. The van der Waals surface area contributed by atoms with Crippen LogP contribution in [0.1, 0.15) is 43.1 Å². The van der Waals surface area contributed by atoms with Gasteiger partial charge in [0.2, 0.25) is 5.91 Å². The summed E-state index contributed by atoms with van der Waals surface area (Å²) in [5, 5.41) is 11.9. The van der Waals surface area contributed by atoms with E-state index in [1.807, 2.05) is 19.1 Å². The smallest absolute Gasteiger partial charge is 0.237 e. The summed E-state index contributed by atoms with van der Waals surface area (Å²) in [5.74, 6) is 0.505. The minimum atomic E-state index is -0.404. The number of para-hydroxylation sites is 1. The van der Waals surface area contributed by atoms with Crippen LogP contribution < -0.4 is 5.32 Å². The van der Waals surface area contributed by atoms with Crippen molar-refractivity contribution in [2.24, 2.45) is 0 Å². The van der Waals surface area contributed by atoms with Gasteiger partial charge in [0.25, 0.3) is 0 Å². The highest BCUT2D eigenvalue weighted by molar-refractivity contribution is 8.00. The molecule has 7 nitrogen and oxygen atoms in total. The maximum atomic E-state index is 12.8. The Labute approximate surface area is 173 Å². The van der Waals surface area contributed by atoms with E-state index in [4.69, 9.17) is 0 Å². The molecule has 8 heteroatoms. The van der Waals surface area contributed by atoms with E-state index in [2.05, 4.69) is 25.1 Å². The Morgan fingerprint density at radius 3 is 2.66 bits per heavy atom. The van der Waals surface area contributed by atoms with Gasteiger partial charge in [-0.1, -0.05) is 23.9 Å². The number of pyridine rings is 1. The largest absolute Gasteiger partial charge is 0.324 e. The van der Waals surface area contributed by atoms with Crippen LogP contribution >= 0.6 is 11.8 Å². The summed E-state index contributed by atoms with van der Waals surface area (Å²) in [5.41, 5.74) is 1.93. The Hall–Kier alpha value is -3.00. The average Bonchev–Trinajstić information content (AvgIpc) is 3.48. The average molecular weight is 407 g/mol. The van der Waals surface area contributed by atoms with Gasteiger partial charge >= 0.3 is 0 Å². The molecule has 0 aliphatic heterocycles. The van der Waals surface area contributed by atoms with Gasteiger partial charge in [0.15, 0.2) is 16.8 Å². The number of Topliss-reactive ketones (excluding diaryl/α,β-unsaturated/α-hetero) is 1. The van der Waals surface area contributed by atoms with Gasteiger partial charge in [0, 0.05) is 29.6 Å². The first-order valence-corrected chi connectivity index (χ1v) is 10.4. The summed E-state index contributed by atoms with van der Waals surface area (Å²) in [6, 6.07) is 11.2.